The van der Waals surface area contributed by atoms with Gasteiger partial charge in [0, 0.05) is 18.3 Å². The summed E-state index contributed by atoms with van der Waals surface area (Å²) >= 11 is 0. The third-order valence-corrected chi connectivity index (χ3v) is 5.93. The molecule has 8 nitrogen and oxygen atoms in total. The van der Waals surface area contributed by atoms with Crippen molar-refractivity contribution in [2.24, 2.45) is 0 Å². The number of Topliss-reactive ketones (excluding diaryl/α,β-unsaturated/α-hetero) is 1. The number of carbonyl (C=O) groups is 2. The lowest BCUT2D eigenvalue weighted by Crippen LogP contribution is -2.33. The molecule has 1 aromatic carbocycles. The second kappa shape index (κ2) is 11.0. The highest BCUT2D eigenvalue weighted by Crippen LogP contribution is 2.40. The first-order valence-electron chi connectivity index (χ1n) is 11.1. The fraction of sp³-hybridized carbons (Fsp3) is 0.400. The fourth-order valence-corrected chi connectivity index (χ4v) is 4.10. The zero-order valence-electron chi connectivity index (χ0n) is 19.6. The Morgan fingerprint density at radius 1 is 1.09 bits per heavy atom. The van der Waals surface area contributed by atoms with Gasteiger partial charge in [0.25, 0.3) is 11.7 Å². The maximum atomic E-state index is 13.1. The van der Waals surface area contributed by atoms with Crippen LogP contribution >= 0.6 is 0 Å². The SMILES string of the molecule is CCN(CC)CCCN1C(=O)C(=O)/C(=C(\O)c2ccc(OC)c(OC)c2)C1c1ccccn1. The summed E-state index contributed by atoms with van der Waals surface area (Å²) in [6.45, 7) is 7.20. The third-order valence-electron chi connectivity index (χ3n) is 5.93. The van der Waals surface area contributed by atoms with Gasteiger partial charge < -0.3 is 24.4 Å². The number of methoxy groups -OCH3 is 2. The van der Waals surface area contributed by atoms with Crippen LogP contribution in [0.5, 0.6) is 11.5 Å². The quantitative estimate of drug-likeness (QED) is 0.335. The zero-order valence-corrected chi connectivity index (χ0v) is 19.6. The molecule has 1 fully saturated rings. The van der Waals surface area contributed by atoms with E-state index in [-0.39, 0.29) is 11.3 Å². The van der Waals surface area contributed by atoms with Gasteiger partial charge in [-0.2, -0.15) is 0 Å². The molecule has 1 aliphatic rings. The zero-order chi connectivity index (χ0) is 24.0. The lowest BCUT2D eigenvalue weighted by atomic mass is 9.98. The number of benzene rings is 1. The average molecular weight is 454 g/mol. The van der Waals surface area contributed by atoms with Gasteiger partial charge in [0.05, 0.1) is 25.5 Å². The predicted molar refractivity (Wildman–Crippen MR) is 125 cm³/mol. The first-order valence-corrected chi connectivity index (χ1v) is 11.1. The summed E-state index contributed by atoms with van der Waals surface area (Å²) in [6, 6.07) is 9.41. The van der Waals surface area contributed by atoms with Crippen molar-refractivity contribution in [2.45, 2.75) is 26.3 Å². The molecule has 2 heterocycles. The minimum atomic E-state index is -0.768. The Morgan fingerprint density at radius 2 is 1.82 bits per heavy atom. The molecule has 0 aliphatic carbocycles. The maximum absolute atomic E-state index is 13.1. The van der Waals surface area contributed by atoms with Gasteiger partial charge in [0.2, 0.25) is 0 Å². The Hall–Kier alpha value is -3.39. The monoisotopic (exact) mass is 453 g/mol. The topological polar surface area (TPSA) is 92.2 Å². The number of carbonyl (C=O) groups excluding carboxylic acids is 2. The molecule has 33 heavy (non-hydrogen) atoms. The van der Waals surface area contributed by atoms with E-state index < -0.39 is 17.7 Å². The Balaban J connectivity index is 2.03. The highest BCUT2D eigenvalue weighted by Gasteiger charge is 2.46. The smallest absolute Gasteiger partial charge is 0.295 e. The normalized spacial score (nSPS) is 17.6. The molecule has 1 saturated heterocycles. The molecule has 176 valence electrons. The largest absolute Gasteiger partial charge is 0.507 e. The average Bonchev–Trinajstić information content (AvgIpc) is 3.11. The van der Waals surface area contributed by atoms with Crippen molar-refractivity contribution in [3.8, 4) is 11.5 Å². The number of ether oxygens (including phenoxy) is 2. The van der Waals surface area contributed by atoms with Crippen LogP contribution in [-0.4, -0.2) is 72.0 Å². The molecule has 1 unspecified atom stereocenters. The van der Waals surface area contributed by atoms with Crippen LogP contribution in [0.1, 0.15) is 37.6 Å². The van der Waals surface area contributed by atoms with Gasteiger partial charge in [-0.05, 0) is 56.4 Å². The summed E-state index contributed by atoms with van der Waals surface area (Å²) in [5.74, 6) is -0.722. The highest BCUT2D eigenvalue weighted by molar-refractivity contribution is 6.46. The summed E-state index contributed by atoms with van der Waals surface area (Å²) in [5.41, 5.74) is 0.907. The number of nitrogens with zero attached hydrogens (tertiary/aromatic N) is 3. The lowest BCUT2D eigenvalue weighted by Gasteiger charge is -2.26. The van der Waals surface area contributed by atoms with Crippen LogP contribution in [0.25, 0.3) is 5.76 Å². The highest BCUT2D eigenvalue weighted by atomic mass is 16.5. The molecule has 1 amide bonds. The van der Waals surface area contributed by atoms with E-state index in [2.05, 4.69) is 23.7 Å². The number of likely N-dealkylation sites (tertiary alicyclic amines) is 1. The number of aromatic nitrogens is 1. The minimum absolute atomic E-state index is 0.0220. The van der Waals surface area contributed by atoms with Gasteiger partial charge in [-0.3, -0.25) is 14.6 Å². The molecule has 0 saturated carbocycles. The van der Waals surface area contributed by atoms with E-state index in [1.54, 1.807) is 42.6 Å². The fourth-order valence-electron chi connectivity index (χ4n) is 4.10. The van der Waals surface area contributed by atoms with Gasteiger partial charge in [0.1, 0.15) is 11.8 Å². The molecule has 1 N–H and O–H groups in total. The Bertz CT molecular complexity index is 1020. The number of aliphatic hydroxyl groups excluding tert-OH is 1. The predicted octanol–water partition coefficient (Wildman–Crippen LogP) is 3.25. The van der Waals surface area contributed by atoms with Gasteiger partial charge in [-0.15, -0.1) is 0 Å². The number of amides is 1. The number of hydrogen-bond acceptors (Lipinski definition) is 7. The molecule has 0 radical (unpaired) electrons. The van der Waals surface area contributed by atoms with Crippen LogP contribution in [0.2, 0.25) is 0 Å². The van der Waals surface area contributed by atoms with Crippen LogP contribution in [0, 0.1) is 0 Å². The van der Waals surface area contributed by atoms with Crippen LogP contribution in [-0.2, 0) is 9.59 Å². The van der Waals surface area contributed by atoms with Gasteiger partial charge >= 0.3 is 0 Å². The third kappa shape index (κ3) is 5.01. The van der Waals surface area contributed by atoms with Crippen molar-refractivity contribution in [3.63, 3.8) is 0 Å². The Labute approximate surface area is 194 Å². The van der Waals surface area contributed by atoms with E-state index in [0.29, 0.717) is 35.7 Å². The van der Waals surface area contributed by atoms with Crippen LogP contribution in [0.15, 0.2) is 48.2 Å². The van der Waals surface area contributed by atoms with Crippen LogP contribution in [0.3, 0.4) is 0 Å². The van der Waals surface area contributed by atoms with Crippen molar-refractivity contribution < 1.29 is 24.2 Å². The molecule has 2 aromatic rings. The molecule has 0 spiro atoms. The Kier molecular flexibility index (Phi) is 8.06. The van der Waals surface area contributed by atoms with Crippen LogP contribution < -0.4 is 9.47 Å². The van der Waals surface area contributed by atoms with E-state index in [0.717, 1.165) is 19.6 Å². The number of pyridine rings is 1. The van der Waals surface area contributed by atoms with E-state index >= 15 is 0 Å². The van der Waals surface area contributed by atoms with E-state index in [1.165, 1.54) is 19.1 Å². The summed E-state index contributed by atoms with van der Waals surface area (Å²) < 4.78 is 10.6. The molecular weight excluding hydrogens is 422 g/mol. The van der Waals surface area contributed by atoms with Crippen molar-refractivity contribution >= 4 is 17.4 Å². The second-order valence-corrected chi connectivity index (χ2v) is 7.70. The van der Waals surface area contributed by atoms with E-state index in [9.17, 15) is 14.7 Å². The van der Waals surface area contributed by atoms with Crippen molar-refractivity contribution in [1.82, 2.24) is 14.8 Å². The number of hydrogen-bond donors (Lipinski definition) is 1. The van der Waals surface area contributed by atoms with Crippen LogP contribution in [0.4, 0.5) is 0 Å². The maximum Gasteiger partial charge on any atom is 0.295 e. The standard InChI is InChI=1S/C25H31N3O5/c1-5-27(6-2)14-9-15-28-22(18-10-7-8-13-26-18)21(24(30)25(28)31)23(29)17-11-12-19(32-3)20(16-17)33-4/h7-8,10-13,16,22,29H,5-6,9,14-15H2,1-4H3/b23-21-. The van der Waals surface area contributed by atoms with Gasteiger partial charge in [-0.25, -0.2) is 0 Å². The minimum Gasteiger partial charge on any atom is -0.507 e. The first-order chi connectivity index (χ1) is 16.0. The van der Waals surface area contributed by atoms with Crippen molar-refractivity contribution in [2.75, 3.05) is 40.4 Å². The molecule has 0 bridgehead atoms. The molecule has 3 rings (SSSR count). The van der Waals surface area contributed by atoms with Crippen molar-refractivity contribution in [1.29, 1.82) is 0 Å². The van der Waals surface area contributed by atoms with E-state index in [1.807, 2.05) is 0 Å². The number of aliphatic hydroxyl groups is 1. The Morgan fingerprint density at radius 3 is 2.42 bits per heavy atom. The van der Waals surface area contributed by atoms with Gasteiger partial charge in [-0.1, -0.05) is 19.9 Å². The summed E-state index contributed by atoms with van der Waals surface area (Å²) in [5, 5.41) is 11.2. The molecule has 1 atom stereocenters. The van der Waals surface area contributed by atoms with E-state index in [4.69, 9.17) is 9.47 Å². The number of ketones is 1. The summed E-state index contributed by atoms with van der Waals surface area (Å²) in [4.78, 5) is 34.3. The van der Waals surface area contributed by atoms with Crippen molar-refractivity contribution in [3.05, 3.63) is 59.4 Å². The molecule has 1 aliphatic heterocycles. The lowest BCUT2D eigenvalue weighted by molar-refractivity contribution is -0.140. The molecule has 1 aromatic heterocycles. The summed E-state index contributed by atoms with van der Waals surface area (Å²) in [7, 11) is 3.01. The van der Waals surface area contributed by atoms with Gasteiger partial charge in [0.15, 0.2) is 11.5 Å². The summed E-state index contributed by atoms with van der Waals surface area (Å²) in [6.07, 6.45) is 2.32. The number of rotatable bonds is 10. The molecular formula is C25H31N3O5. The first kappa shape index (κ1) is 24.3. The molecule has 8 heteroatoms. The second-order valence-electron chi connectivity index (χ2n) is 7.70.